The topological polar surface area (TPSA) is 57.6 Å². The van der Waals surface area contributed by atoms with E-state index in [1.807, 2.05) is 13.0 Å². The molecule has 2 aromatic rings. The van der Waals surface area contributed by atoms with Crippen molar-refractivity contribution in [3.05, 3.63) is 64.4 Å². The first-order valence-corrected chi connectivity index (χ1v) is 8.13. The summed E-state index contributed by atoms with van der Waals surface area (Å²) in [6, 6.07) is 10.6. The van der Waals surface area contributed by atoms with Gasteiger partial charge in [0.1, 0.15) is 0 Å². The molecule has 2 heterocycles. The van der Waals surface area contributed by atoms with Crippen LogP contribution in [0.5, 0.6) is 0 Å². The van der Waals surface area contributed by atoms with Gasteiger partial charge in [0, 0.05) is 17.0 Å². The zero-order valence-corrected chi connectivity index (χ0v) is 13.6. The highest BCUT2D eigenvalue weighted by Gasteiger charge is 2.50. The molecule has 1 aliphatic rings. The molecule has 1 aromatic heterocycles. The molecule has 0 bridgehead atoms. The fraction of sp³-hybridized carbons (Fsp3) is 0.222. The van der Waals surface area contributed by atoms with E-state index in [0.29, 0.717) is 22.7 Å². The van der Waals surface area contributed by atoms with Crippen molar-refractivity contribution >= 4 is 28.7 Å². The van der Waals surface area contributed by atoms with Gasteiger partial charge in [-0.15, -0.1) is 17.9 Å². The summed E-state index contributed by atoms with van der Waals surface area (Å²) in [5, 5.41) is 11.0. The Balaban J connectivity index is 1.98. The van der Waals surface area contributed by atoms with Crippen molar-refractivity contribution in [3.8, 4) is 0 Å². The average molecular weight is 327 g/mol. The quantitative estimate of drug-likeness (QED) is 0.678. The van der Waals surface area contributed by atoms with E-state index >= 15 is 0 Å². The molecule has 3 rings (SSSR count). The van der Waals surface area contributed by atoms with Crippen LogP contribution >= 0.6 is 11.3 Å². The van der Waals surface area contributed by atoms with Crippen LogP contribution in [0.2, 0.25) is 0 Å². The van der Waals surface area contributed by atoms with E-state index < -0.39 is 11.5 Å². The Morgan fingerprint density at radius 3 is 2.74 bits per heavy atom. The predicted molar refractivity (Wildman–Crippen MR) is 90.9 cm³/mol. The lowest BCUT2D eigenvalue weighted by Crippen LogP contribution is -2.41. The van der Waals surface area contributed by atoms with Gasteiger partial charge in [-0.25, -0.2) is 0 Å². The molecule has 1 aromatic carbocycles. The lowest BCUT2D eigenvalue weighted by Gasteiger charge is -2.21. The number of rotatable bonds is 5. The molecule has 0 unspecified atom stereocenters. The van der Waals surface area contributed by atoms with E-state index in [1.54, 1.807) is 36.4 Å². The third kappa shape index (κ3) is 2.52. The third-order valence-electron chi connectivity index (χ3n) is 3.98. The minimum absolute atomic E-state index is 0.228. The van der Waals surface area contributed by atoms with Gasteiger partial charge in [0.2, 0.25) is 0 Å². The molecule has 0 radical (unpaired) electrons. The van der Waals surface area contributed by atoms with Crippen molar-refractivity contribution < 1.29 is 14.7 Å². The molecule has 0 saturated heterocycles. The second-order valence-electron chi connectivity index (χ2n) is 5.59. The van der Waals surface area contributed by atoms with E-state index in [1.165, 1.54) is 16.2 Å². The maximum atomic E-state index is 12.7. The highest BCUT2D eigenvalue weighted by Crippen LogP contribution is 2.42. The Morgan fingerprint density at radius 2 is 2.09 bits per heavy atom. The number of carbonyl (C=O) groups is 2. The van der Waals surface area contributed by atoms with Gasteiger partial charge in [0.25, 0.3) is 5.91 Å². The minimum atomic E-state index is -1.81. The summed E-state index contributed by atoms with van der Waals surface area (Å²) in [4.78, 5) is 28.3. The van der Waals surface area contributed by atoms with Crippen LogP contribution < -0.4 is 4.90 Å². The number of anilines is 1. The number of hydrogen-bond donors (Lipinski definition) is 1. The summed E-state index contributed by atoms with van der Waals surface area (Å²) in [5.41, 5.74) is -0.697. The van der Waals surface area contributed by atoms with Crippen LogP contribution in [0.4, 0.5) is 5.69 Å². The Bertz CT molecular complexity index is 795. The molecule has 0 aliphatic carbocycles. The van der Waals surface area contributed by atoms with E-state index in [4.69, 9.17) is 0 Å². The first-order chi connectivity index (χ1) is 11.0. The number of amides is 1. The van der Waals surface area contributed by atoms with Crippen molar-refractivity contribution in [2.45, 2.75) is 18.9 Å². The molecule has 1 amide bonds. The maximum Gasteiger partial charge on any atom is 0.264 e. The number of carbonyl (C=O) groups excluding carboxylic acids is 2. The number of aryl methyl sites for hydroxylation is 1. The van der Waals surface area contributed by atoms with Gasteiger partial charge in [-0.2, -0.15) is 0 Å². The molecule has 4 nitrogen and oxygen atoms in total. The number of Topliss-reactive ketones (excluding diaryl/α,β-unsaturated/α-hetero) is 1. The van der Waals surface area contributed by atoms with Crippen LogP contribution in [-0.2, 0) is 10.4 Å². The zero-order valence-electron chi connectivity index (χ0n) is 12.8. The van der Waals surface area contributed by atoms with Gasteiger partial charge in [-0.3, -0.25) is 9.59 Å². The van der Waals surface area contributed by atoms with Crippen LogP contribution in [0.1, 0.15) is 26.5 Å². The van der Waals surface area contributed by atoms with E-state index in [-0.39, 0.29) is 12.2 Å². The highest BCUT2D eigenvalue weighted by molar-refractivity contribution is 7.14. The fourth-order valence-corrected chi connectivity index (χ4v) is 3.70. The number of aliphatic hydroxyl groups is 1. The number of para-hydroxylation sites is 1. The summed E-state index contributed by atoms with van der Waals surface area (Å²) in [6.07, 6.45) is 1.35. The first-order valence-electron chi connectivity index (χ1n) is 7.32. The van der Waals surface area contributed by atoms with Crippen LogP contribution in [0.3, 0.4) is 0 Å². The summed E-state index contributed by atoms with van der Waals surface area (Å²) < 4.78 is 0. The Hall–Kier alpha value is -2.24. The highest BCUT2D eigenvalue weighted by atomic mass is 32.1. The summed E-state index contributed by atoms with van der Waals surface area (Å²) >= 11 is 1.37. The standard InChI is InChI=1S/C18H17NO3S/c1-3-10-19-14-7-5-4-6-13(14)18(22,17(19)21)11-15(20)16-9-8-12(2)23-16/h3-9,22H,1,10-11H2,2H3/t18-/m0/s1. The fourth-order valence-electron chi connectivity index (χ4n) is 2.89. The van der Waals surface area contributed by atoms with Crippen LogP contribution in [-0.4, -0.2) is 23.3 Å². The number of hydrogen-bond acceptors (Lipinski definition) is 4. The molecule has 1 atom stereocenters. The Kier molecular flexibility index (Phi) is 3.92. The normalized spacial score (nSPS) is 19.7. The minimum Gasteiger partial charge on any atom is -0.375 e. The van der Waals surface area contributed by atoms with Gasteiger partial charge in [-0.05, 0) is 25.1 Å². The van der Waals surface area contributed by atoms with Crippen LogP contribution in [0.15, 0.2) is 49.1 Å². The summed E-state index contributed by atoms with van der Waals surface area (Å²) in [6.45, 7) is 5.86. The largest absolute Gasteiger partial charge is 0.375 e. The summed E-state index contributed by atoms with van der Waals surface area (Å²) in [5.74, 6) is -0.700. The zero-order chi connectivity index (χ0) is 16.6. The Labute approximate surface area is 138 Å². The molecular weight excluding hydrogens is 310 g/mol. The molecular formula is C18H17NO3S. The molecule has 0 spiro atoms. The van der Waals surface area contributed by atoms with Crippen LogP contribution in [0.25, 0.3) is 0 Å². The van der Waals surface area contributed by atoms with E-state index in [9.17, 15) is 14.7 Å². The lowest BCUT2D eigenvalue weighted by atomic mass is 9.89. The van der Waals surface area contributed by atoms with Crippen molar-refractivity contribution in [2.24, 2.45) is 0 Å². The summed E-state index contributed by atoms with van der Waals surface area (Å²) in [7, 11) is 0. The number of ketones is 1. The van der Waals surface area contributed by atoms with Gasteiger partial charge in [0.15, 0.2) is 11.4 Å². The van der Waals surface area contributed by atoms with Crippen molar-refractivity contribution in [2.75, 3.05) is 11.4 Å². The van der Waals surface area contributed by atoms with Gasteiger partial charge in [-0.1, -0.05) is 24.3 Å². The molecule has 1 aliphatic heterocycles. The number of thiophene rings is 1. The number of fused-ring (bicyclic) bond motifs is 1. The predicted octanol–water partition coefficient (Wildman–Crippen LogP) is 3.05. The Morgan fingerprint density at radius 1 is 1.35 bits per heavy atom. The monoisotopic (exact) mass is 327 g/mol. The molecule has 118 valence electrons. The number of nitrogens with zero attached hydrogens (tertiary/aromatic N) is 1. The average Bonchev–Trinajstić information content (AvgIpc) is 3.05. The molecule has 23 heavy (non-hydrogen) atoms. The van der Waals surface area contributed by atoms with Crippen LogP contribution in [0, 0.1) is 6.92 Å². The number of benzene rings is 1. The first kappa shape index (κ1) is 15.6. The molecule has 0 saturated carbocycles. The van der Waals surface area contributed by atoms with Gasteiger partial charge >= 0.3 is 0 Å². The van der Waals surface area contributed by atoms with Crippen molar-refractivity contribution in [3.63, 3.8) is 0 Å². The van der Waals surface area contributed by atoms with E-state index in [2.05, 4.69) is 6.58 Å². The maximum absolute atomic E-state index is 12.7. The lowest BCUT2D eigenvalue weighted by molar-refractivity contribution is -0.135. The molecule has 0 fully saturated rings. The SMILES string of the molecule is C=CCN1C(=O)[C@](O)(CC(=O)c2ccc(C)s2)c2ccccc21. The smallest absolute Gasteiger partial charge is 0.264 e. The van der Waals surface area contributed by atoms with Crippen molar-refractivity contribution in [1.82, 2.24) is 0 Å². The van der Waals surface area contributed by atoms with E-state index in [0.717, 1.165) is 4.88 Å². The van der Waals surface area contributed by atoms with Gasteiger partial charge in [0.05, 0.1) is 17.0 Å². The second-order valence-corrected chi connectivity index (χ2v) is 6.88. The second kappa shape index (κ2) is 5.76. The molecule has 5 heteroatoms. The molecule has 1 N–H and O–H groups in total. The van der Waals surface area contributed by atoms with Gasteiger partial charge < -0.3 is 10.0 Å². The third-order valence-corrected chi connectivity index (χ3v) is 5.02. The van der Waals surface area contributed by atoms with Crippen molar-refractivity contribution in [1.29, 1.82) is 0 Å².